The number of aromatic nitrogens is 2. The van der Waals surface area contributed by atoms with Crippen LogP contribution in [0.15, 0.2) is 18.2 Å². The Balaban J connectivity index is 2.00. The highest BCUT2D eigenvalue weighted by Gasteiger charge is 2.28. The molecule has 31 heavy (non-hydrogen) atoms. The summed E-state index contributed by atoms with van der Waals surface area (Å²) < 4.78 is 40.5. The van der Waals surface area contributed by atoms with Crippen LogP contribution in [0.3, 0.4) is 0 Å². The molecule has 6 nitrogen and oxygen atoms in total. The van der Waals surface area contributed by atoms with Crippen LogP contribution in [0.2, 0.25) is 5.02 Å². The first-order valence-corrected chi connectivity index (χ1v) is 12.7. The molecule has 0 bridgehead atoms. The van der Waals surface area contributed by atoms with Crippen molar-refractivity contribution >= 4 is 27.4 Å². The first-order chi connectivity index (χ1) is 14.7. The van der Waals surface area contributed by atoms with Crippen LogP contribution in [-0.4, -0.2) is 54.6 Å². The summed E-state index contributed by atoms with van der Waals surface area (Å²) in [6.45, 7) is 9.59. The van der Waals surface area contributed by atoms with Crippen molar-refractivity contribution in [2.24, 2.45) is 0 Å². The second kappa shape index (κ2) is 9.79. The maximum absolute atomic E-state index is 14.5. The van der Waals surface area contributed by atoms with E-state index in [0.29, 0.717) is 36.8 Å². The van der Waals surface area contributed by atoms with Gasteiger partial charge >= 0.3 is 0 Å². The number of hydrogen-bond donors (Lipinski definition) is 0. The molecule has 0 N–H and O–H groups in total. The van der Waals surface area contributed by atoms with Gasteiger partial charge in [0.05, 0.1) is 5.75 Å². The normalized spacial score (nSPS) is 16.5. The monoisotopic (exact) mass is 468 g/mol. The van der Waals surface area contributed by atoms with Crippen LogP contribution in [0.25, 0.3) is 0 Å². The molecule has 0 saturated carbocycles. The minimum absolute atomic E-state index is 0.0921. The molecule has 1 fully saturated rings. The zero-order valence-corrected chi connectivity index (χ0v) is 20.1. The molecule has 0 aliphatic carbocycles. The topological polar surface area (TPSA) is 66.4 Å². The molecule has 1 atom stereocenters. The summed E-state index contributed by atoms with van der Waals surface area (Å²) in [5.74, 6) is 1.42. The van der Waals surface area contributed by atoms with E-state index in [4.69, 9.17) is 21.6 Å². The van der Waals surface area contributed by atoms with Crippen LogP contribution >= 0.6 is 11.6 Å². The fourth-order valence-corrected chi connectivity index (χ4v) is 5.03. The van der Waals surface area contributed by atoms with Gasteiger partial charge in [0.15, 0.2) is 0 Å². The van der Waals surface area contributed by atoms with E-state index in [1.54, 1.807) is 19.1 Å². The number of rotatable bonds is 7. The third-order valence-corrected chi connectivity index (χ3v) is 8.21. The standard InChI is InChI=1S/C22H30ClFN4O2S/c1-5-15(3)21-25-16(4)17(14-18-19(23)8-7-9-20(18)24)22(26-21)27-10-12-28(13-11-27)31(29,30)6-2/h7-9,15H,5-6,10-14H2,1-4H3/t15-/m1/s1. The zero-order valence-electron chi connectivity index (χ0n) is 18.5. The number of anilines is 1. The molecule has 1 aromatic carbocycles. The van der Waals surface area contributed by atoms with Gasteiger partial charge in [-0.15, -0.1) is 0 Å². The quantitative estimate of drug-likeness (QED) is 0.610. The van der Waals surface area contributed by atoms with E-state index in [9.17, 15) is 12.8 Å². The minimum atomic E-state index is -3.22. The van der Waals surface area contributed by atoms with Gasteiger partial charge in [0.25, 0.3) is 0 Å². The largest absolute Gasteiger partial charge is 0.354 e. The minimum Gasteiger partial charge on any atom is -0.354 e. The lowest BCUT2D eigenvalue weighted by Crippen LogP contribution is -2.49. The van der Waals surface area contributed by atoms with Gasteiger partial charge in [0.2, 0.25) is 10.0 Å². The van der Waals surface area contributed by atoms with Gasteiger partial charge in [-0.25, -0.2) is 22.8 Å². The smallest absolute Gasteiger partial charge is 0.213 e. The summed E-state index contributed by atoms with van der Waals surface area (Å²) >= 11 is 6.29. The molecule has 0 unspecified atom stereocenters. The van der Waals surface area contributed by atoms with Crippen LogP contribution < -0.4 is 4.90 Å². The van der Waals surface area contributed by atoms with E-state index in [1.807, 2.05) is 6.92 Å². The lowest BCUT2D eigenvalue weighted by Gasteiger charge is -2.36. The molecule has 2 aromatic rings. The molecular weight excluding hydrogens is 439 g/mol. The Morgan fingerprint density at radius 3 is 2.39 bits per heavy atom. The van der Waals surface area contributed by atoms with Crippen molar-refractivity contribution in [3.63, 3.8) is 0 Å². The second-order valence-electron chi connectivity index (χ2n) is 7.94. The summed E-state index contributed by atoms with van der Waals surface area (Å²) in [6.07, 6.45) is 1.18. The van der Waals surface area contributed by atoms with E-state index < -0.39 is 10.0 Å². The first kappa shape index (κ1) is 23.9. The van der Waals surface area contributed by atoms with Crippen LogP contribution in [0, 0.1) is 12.7 Å². The van der Waals surface area contributed by atoms with Crippen LogP contribution in [0.1, 0.15) is 55.8 Å². The maximum atomic E-state index is 14.5. The van der Waals surface area contributed by atoms with Crippen molar-refractivity contribution in [3.8, 4) is 0 Å². The summed E-state index contributed by atoms with van der Waals surface area (Å²) in [6, 6.07) is 4.67. The lowest BCUT2D eigenvalue weighted by atomic mass is 10.0. The number of aryl methyl sites for hydroxylation is 1. The van der Waals surface area contributed by atoms with E-state index in [0.717, 1.165) is 29.3 Å². The highest BCUT2D eigenvalue weighted by atomic mass is 35.5. The molecule has 170 valence electrons. The van der Waals surface area contributed by atoms with Gasteiger partial charge in [-0.1, -0.05) is 31.5 Å². The van der Waals surface area contributed by atoms with Crippen molar-refractivity contribution in [1.82, 2.24) is 14.3 Å². The fraction of sp³-hybridized carbons (Fsp3) is 0.545. The fourth-order valence-electron chi connectivity index (χ4n) is 3.71. The Morgan fingerprint density at radius 2 is 1.81 bits per heavy atom. The molecule has 1 saturated heterocycles. The lowest BCUT2D eigenvalue weighted by molar-refractivity contribution is 0.384. The Hall–Kier alpha value is -1.77. The van der Waals surface area contributed by atoms with Crippen molar-refractivity contribution in [2.75, 3.05) is 36.8 Å². The summed E-state index contributed by atoms with van der Waals surface area (Å²) in [5, 5.41) is 0.371. The number of hydrogen-bond acceptors (Lipinski definition) is 5. The molecule has 1 aliphatic rings. The molecule has 2 heterocycles. The third-order valence-electron chi connectivity index (χ3n) is 5.97. The average molecular weight is 469 g/mol. The van der Waals surface area contributed by atoms with Gasteiger partial charge in [-0.3, -0.25) is 0 Å². The van der Waals surface area contributed by atoms with Gasteiger partial charge in [0, 0.05) is 60.4 Å². The van der Waals surface area contributed by atoms with Gasteiger partial charge in [-0.2, -0.15) is 4.31 Å². The average Bonchev–Trinajstić information content (AvgIpc) is 2.76. The number of piperazine rings is 1. The Morgan fingerprint density at radius 1 is 1.13 bits per heavy atom. The number of halogens is 2. The summed E-state index contributed by atoms with van der Waals surface area (Å²) in [7, 11) is -3.22. The highest BCUT2D eigenvalue weighted by molar-refractivity contribution is 7.89. The highest BCUT2D eigenvalue weighted by Crippen LogP contribution is 2.31. The zero-order chi connectivity index (χ0) is 22.8. The number of sulfonamides is 1. The SMILES string of the molecule is CC[C@@H](C)c1nc(C)c(Cc2c(F)cccc2Cl)c(N2CCN(S(=O)(=O)CC)CC2)n1. The number of benzene rings is 1. The van der Waals surface area contributed by atoms with Crippen molar-refractivity contribution < 1.29 is 12.8 Å². The molecule has 0 radical (unpaired) electrons. The van der Waals surface area contributed by atoms with Gasteiger partial charge < -0.3 is 4.90 Å². The van der Waals surface area contributed by atoms with Gasteiger partial charge in [-0.05, 0) is 32.4 Å². The Kier molecular flexibility index (Phi) is 7.55. The van der Waals surface area contributed by atoms with Crippen LogP contribution in [-0.2, 0) is 16.4 Å². The van der Waals surface area contributed by atoms with Crippen molar-refractivity contribution in [2.45, 2.75) is 46.5 Å². The molecule has 1 aliphatic heterocycles. The van der Waals surface area contributed by atoms with Crippen molar-refractivity contribution in [1.29, 1.82) is 0 Å². The predicted octanol–water partition coefficient (Wildman–Crippen LogP) is 4.15. The summed E-state index contributed by atoms with van der Waals surface area (Å²) in [4.78, 5) is 11.7. The van der Waals surface area contributed by atoms with Gasteiger partial charge in [0.1, 0.15) is 17.5 Å². The van der Waals surface area contributed by atoms with Crippen LogP contribution in [0.4, 0.5) is 10.2 Å². The first-order valence-electron chi connectivity index (χ1n) is 10.7. The molecule has 0 amide bonds. The van der Waals surface area contributed by atoms with Crippen LogP contribution in [0.5, 0.6) is 0 Å². The van der Waals surface area contributed by atoms with E-state index in [-0.39, 0.29) is 23.9 Å². The molecule has 0 spiro atoms. The third kappa shape index (κ3) is 5.18. The molecular formula is C22H30ClFN4O2S. The Labute approximate surface area is 189 Å². The molecule has 1 aromatic heterocycles. The molecule has 3 rings (SSSR count). The van der Waals surface area contributed by atoms with E-state index >= 15 is 0 Å². The molecule has 9 heteroatoms. The Bertz CT molecular complexity index is 1020. The van der Waals surface area contributed by atoms with E-state index in [1.165, 1.54) is 10.4 Å². The maximum Gasteiger partial charge on any atom is 0.213 e. The number of nitrogens with zero attached hydrogens (tertiary/aromatic N) is 4. The summed E-state index contributed by atoms with van der Waals surface area (Å²) in [5.41, 5.74) is 2.04. The van der Waals surface area contributed by atoms with E-state index in [2.05, 4.69) is 18.7 Å². The predicted molar refractivity (Wildman–Crippen MR) is 123 cm³/mol. The second-order valence-corrected chi connectivity index (χ2v) is 10.6. The van der Waals surface area contributed by atoms with Crippen molar-refractivity contribution in [3.05, 3.63) is 51.7 Å².